The largest absolute Gasteiger partial charge is 0.472 e. The topological polar surface area (TPSA) is 237 Å². The van der Waals surface area contributed by atoms with E-state index in [0.717, 1.165) is 102 Å². The second kappa shape index (κ2) is 70.1. The van der Waals surface area contributed by atoms with E-state index in [1.807, 2.05) is 0 Å². The van der Waals surface area contributed by atoms with E-state index < -0.39 is 97.5 Å². The molecule has 0 aromatic heterocycles. The van der Waals surface area contributed by atoms with Crippen molar-refractivity contribution >= 4 is 39.5 Å². The van der Waals surface area contributed by atoms with E-state index in [4.69, 9.17) is 37.0 Å². The maximum absolute atomic E-state index is 13.1. The minimum Gasteiger partial charge on any atom is -0.462 e. The zero-order valence-corrected chi connectivity index (χ0v) is 64.3. The quantitative estimate of drug-likeness (QED) is 0.0222. The zero-order chi connectivity index (χ0) is 70.5. The van der Waals surface area contributed by atoms with E-state index >= 15 is 0 Å². The average Bonchev–Trinajstić information content (AvgIpc) is 1.52. The van der Waals surface area contributed by atoms with Gasteiger partial charge in [-0.1, -0.05) is 356 Å². The Hall–Kier alpha value is -1.94. The highest BCUT2D eigenvalue weighted by atomic mass is 31.2. The number of rotatable bonds is 77. The number of hydrogen-bond acceptors (Lipinski definition) is 15. The van der Waals surface area contributed by atoms with Gasteiger partial charge in [0.25, 0.3) is 0 Å². The fourth-order valence-electron chi connectivity index (χ4n) is 11.8. The van der Waals surface area contributed by atoms with Crippen LogP contribution in [0, 0.1) is 5.92 Å². The smallest absolute Gasteiger partial charge is 0.462 e. The first-order valence-corrected chi connectivity index (χ1v) is 43.2. The van der Waals surface area contributed by atoms with Crippen molar-refractivity contribution in [1.82, 2.24) is 0 Å². The van der Waals surface area contributed by atoms with E-state index in [0.29, 0.717) is 25.7 Å². The third-order valence-corrected chi connectivity index (χ3v) is 20.3. The summed E-state index contributed by atoms with van der Waals surface area (Å²) in [6, 6.07) is 0. The Balaban J connectivity index is 5.24. The predicted molar refractivity (Wildman–Crippen MR) is 391 cm³/mol. The van der Waals surface area contributed by atoms with Gasteiger partial charge in [0.1, 0.15) is 19.3 Å². The van der Waals surface area contributed by atoms with Crippen molar-refractivity contribution in [2.75, 3.05) is 39.6 Å². The van der Waals surface area contributed by atoms with Gasteiger partial charge >= 0.3 is 39.5 Å². The van der Waals surface area contributed by atoms with Crippen LogP contribution in [0.5, 0.6) is 0 Å². The lowest BCUT2D eigenvalue weighted by Gasteiger charge is -2.21. The number of ether oxygens (including phenoxy) is 4. The molecular formula is C77H150O17P2. The molecule has 0 aliphatic carbocycles. The van der Waals surface area contributed by atoms with Gasteiger partial charge in [0, 0.05) is 25.7 Å². The predicted octanol–water partition coefficient (Wildman–Crippen LogP) is 22.9. The molecule has 0 bridgehead atoms. The first kappa shape index (κ1) is 94.1. The molecule has 3 N–H and O–H groups in total. The monoisotopic (exact) mass is 1410 g/mol. The highest BCUT2D eigenvalue weighted by Crippen LogP contribution is 2.45. The molecule has 0 saturated carbocycles. The molecular weight excluding hydrogens is 1260 g/mol. The molecule has 570 valence electrons. The summed E-state index contributed by atoms with van der Waals surface area (Å²) in [5.74, 6) is -1.38. The Morgan fingerprint density at radius 3 is 0.740 bits per heavy atom. The molecule has 0 radical (unpaired) electrons. The van der Waals surface area contributed by atoms with Crippen LogP contribution in [0.2, 0.25) is 0 Å². The summed E-state index contributed by atoms with van der Waals surface area (Å²) in [4.78, 5) is 72.9. The number of unbranched alkanes of at least 4 members (excludes halogenated alkanes) is 48. The van der Waals surface area contributed by atoms with Gasteiger partial charge in [-0.3, -0.25) is 37.3 Å². The number of carbonyl (C=O) groups is 4. The van der Waals surface area contributed by atoms with Crippen molar-refractivity contribution < 1.29 is 80.2 Å². The van der Waals surface area contributed by atoms with Gasteiger partial charge in [-0.25, -0.2) is 9.13 Å². The molecule has 0 spiro atoms. The fourth-order valence-corrected chi connectivity index (χ4v) is 13.4. The summed E-state index contributed by atoms with van der Waals surface area (Å²) >= 11 is 0. The maximum atomic E-state index is 13.1. The molecule has 0 aliphatic heterocycles. The van der Waals surface area contributed by atoms with E-state index in [-0.39, 0.29) is 25.7 Å². The molecule has 17 nitrogen and oxygen atoms in total. The molecule has 96 heavy (non-hydrogen) atoms. The van der Waals surface area contributed by atoms with Gasteiger partial charge in [0.05, 0.1) is 26.4 Å². The number of phosphoric acid groups is 2. The van der Waals surface area contributed by atoms with Crippen LogP contribution in [-0.2, 0) is 65.4 Å². The summed E-state index contributed by atoms with van der Waals surface area (Å²) in [6.07, 6.45) is 59.6. The Morgan fingerprint density at radius 2 is 0.500 bits per heavy atom. The van der Waals surface area contributed by atoms with E-state index in [9.17, 15) is 43.2 Å². The summed E-state index contributed by atoms with van der Waals surface area (Å²) in [5.41, 5.74) is 0. The van der Waals surface area contributed by atoms with Crippen LogP contribution in [0.15, 0.2) is 0 Å². The van der Waals surface area contributed by atoms with Crippen molar-refractivity contribution in [3.8, 4) is 0 Å². The average molecular weight is 1410 g/mol. The third kappa shape index (κ3) is 69.2. The van der Waals surface area contributed by atoms with Crippen LogP contribution in [0.1, 0.15) is 407 Å². The van der Waals surface area contributed by atoms with Gasteiger partial charge in [-0.2, -0.15) is 0 Å². The Labute approximate surface area is 588 Å². The van der Waals surface area contributed by atoms with Crippen molar-refractivity contribution in [3.05, 3.63) is 0 Å². The summed E-state index contributed by atoms with van der Waals surface area (Å²) in [6.45, 7) is 7.27. The van der Waals surface area contributed by atoms with Crippen LogP contribution < -0.4 is 0 Å². The third-order valence-electron chi connectivity index (χ3n) is 18.4. The number of aliphatic hydroxyl groups excluding tert-OH is 1. The van der Waals surface area contributed by atoms with Gasteiger partial charge in [-0.05, 0) is 31.6 Å². The minimum atomic E-state index is -4.96. The lowest BCUT2D eigenvalue weighted by atomic mass is 10.00. The maximum Gasteiger partial charge on any atom is 0.472 e. The van der Waals surface area contributed by atoms with Crippen LogP contribution in [0.3, 0.4) is 0 Å². The molecule has 0 aliphatic rings. The second-order valence-electron chi connectivity index (χ2n) is 28.0. The van der Waals surface area contributed by atoms with Crippen LogP contribution in [0.25, 0.3) is 0 Å². The fraction of sp³-hybridized carbons (Fsp3) is 0.948. The second-order valence-corrected chi connectivity index (χ2v) is 30.9. The number of aliphatic hydroxyl groups is 1. The van der Waals surface area contributed by atoms with Crippen LogP contribution in [0.4, 0.5) is 0 Å². The molecule has 0 saturated heterocycles. The lowest BCUT2D eigenvalue weighted by molar-refractivity contribution is -0.161. The van der Waals surface area contributed by atoms with Crippen molar-refractivity contribution in [1.29, 1.82) is 0 Å². The molecule has 3 unspecified atom stereocenters. The van der Waals surface area contributed by atoms with E-state index in [1.165, 1.54) is 225 Å². The van der Waals surface area contributed by atoms with E-state index in [1.54, 1.807) is 0 Å². The van der Waals surface area contributed by atoms with Crippen molar-refractivity contribution in [2.45, 2.75) is 425 Å². The van der Waals surface area contributed by atoms with Gasteiger partial charge in [-0.15, -0.1) is 0 Å². The first-order valence-electron chi connectivity index (χ1n) is 40.2. The highest BCUT2D eigenvalue weighted by Gasteiger charge is 2.30. The van der Waals surface area contributed by atoms with Gasteiger partial charge in [0.2, 0.25) is 0 Å². The number of phosphoric ester groups is 2. The number of esters is 4. The number of hydrogen-bond donors (Lipinski definition) is 3. The molecule has 0 fully saturated rings. The Bertz CT molecular complexity index is 1840. The van der Waals surface area contributed by atoms with Gasteiger partial charge in [0.15, 0.2) is 12.2 Å². The summed E-state index contributed by atoms with van der Waals surface area (Å²) < 4.78 is 68.6. The summed E-state index contributed by atoms with van der Waals surface area (Å²) in [7, 11) is -9.91. The minimum absolute atomic E-state index is 0.107. The molecule has 19 heteroatoms. The Kier molecular flexibility index (Phi) is 68.7. The first-order chi connectivity index (χ1) is 46.6. The number of carbonyl (C=O) groups excluding carboxylic acids is 4. The molecule has 0 heterocycles. The molecule has 0 aromatic rings. The molecule has 6 atom stereocenters. The van der Waals surface area contributed by atoms with Crippen molar-refractivity contribution in [3.63, 3.8) is 0 Å². The SMILES string of the molecule is CCCCCCCCCCCCCCCCCCCCC(=O)O[C@H](COC(=O)CCCCCCCCCCCCCCCCC)COP(=O)(O)OC[C@@H](O)COP(=O)(O)OC[C@@H](COC(=O)CCCCCCCCC(C)CC)OC(=O)CCCCCCCCCCCCCCC. The highest BCUT2D eigenvalue weighted by molar-refractivity contribution is 7.47. The molecule has 0 amide bonds. The van der Waals surface area contributed by atoms with E-state index in [2.05, 4.69) is 34.6 Å². The normalized spacial score (nSPS) is 14.2. The van der Waals surface area contributed by atoms with Crippen molar-refractivity contribution in [2.24, 2.45) is 5.92 Å². The van der Waals surface area contributed by atoms with Crippen LogP contribution in [-0.4, -0.2) is 96.7 Å². The van der Waals surface area contributed by atoms with Crippen LogP contribution >= 0.6 is 15.6 Å². The summed E-state index contributed by atoms with van der Waals surface area (Å²) in [5, 5.41) is 10.6. The lowest BCUT2D eigenvalue weighted by Crippen LogP contribution is -2.30. The Morgan fingerprint density at radius 1 is 0.292 bits per heavy atom. The standard InChI is InChI=1S/C77H150O17P2/c1-6-10-13-16-19-22-25-28-30-31-32-34-37-40-43-46-53-58-63-76(81)93-72(66-87-74(79)60-55-50-44-41-38-36-33-29-26-23-20-17-14-11-7-2)68-91-95(83,84)89-64-71(78)65-90-96(85,86)92-69-73(67-88-75(80)61-56-51-48-47-49-54-59-70(5)9-4)94-77(82)62-57-52-45-42-39-35-27-24-21-18-15-12-8-3/h70-73,78H,6-69H2,1-5H3,(H,83,84)(H,85,86)/t70?,71-,72-,73-/m1/s1. The molecule has 0 aromatic carbocycles. The molecule has 0 rings (SSSR count). The van der Waals surface area contributed by atoms with Gasteiger partial charge < -0.3 is 33.8 Å². The zero-order valence-electron chi connectivity index (χ0n) is 62.5.